The predicted molar refractivity (Wildman–Crippen MR) is 116 cm³/mol. The van der Waals surface area contributed by atoms with Crippen LogP contribution in [0.4, 0.5) is 0 Å². The van der Waals surface area contributed by atoms with Crippen LogP contribution in [0.5, 0.6) is 11.5 Å². The first-order chi connectivity index (χ1) is 11.0. The van der Waals surface area contributed by atoms with Crippen LogP contribution in [0, 0.1) is 0 Å². The van der Waals surface area contributed by atoms with Crippen LogP contribution in [0.3, 0.4) is 0 Å². The van der Waals surface area contributed by atoms with E-state index < -0.39 is 4.44 Å². The SMILES string of the molecule is CC.COc1ccc(PSP(=S)(S)c2ccc(OC)cc2)cc1. The van der Waals surface area contributed by atoms with E-state index in [4.69, 9.17) is 33.5 Å². The molecule has 0 N–H and O–H groups in total. The lowest BCUT2D eigenvalue weighted by molar-refractivity contribution is 0.415. The van der Waals surface area contributed by atoms with E-state index in [0.29, 0.717) is 7.78 Å². The van der Waals surface area contributed by atoms with Gasteiger partial charge in [-0.25, -0.2) is 0 Å². The van der Waals surface area contributed by atoms with Gasteiger partial charge in [-0.15, -0.1) is 12.2 Å². The summed E-state index contributed by atoms with van der Waals surface area (Å²) in [6, 6.07) is 16.0. The van der Waals surface area contributed by atoms with Gasteiger partial charge in [0.25, 0.3) is 0 Å². The maximum atomic E-state index is 5.72. The molecule has 0 aliphatic carbocycles. The zero-order valence-electron chi connectivity index (χ0n) is 13.6. The fourth-order valence-electron chi connectivity index (χ4n) is 1.60. The standard InChI is InChI=1S/C14H16O2P2S3.C2H6/c1-15-11-3-7-13(8-4-11)17-21-18(19,20)14-9-5-12(16-2)6-10-14;1-2/h3-10,17H,1-2H3,(H,19,20);1-2H3. The van der Waals surface area contributed by atoms with Gasteiger partial charge in [0.05, 0.1) is 18.7 Å². The first-order valence-corrected chi connectivity index (χ1v) is 14.2. The van der Waals surface area contributed by atoms with Crippen molar-refractivity contribution >= 4 is 57.9 Å². The van der Waals surface area contributed by atoms with Crippen LogP contribution in [0.25, 0.3) is 0 Å². The minimum atomic E-state index is -1.89. The van der Waals surface area contributed by atoms with E-state index in [1.807, 2.05) is 50.2 Å². The molecule has 0 aliphatic heterocycles. The Morgan fingerprint density at radius 1 is 0.913 bits per heavy atom. The van der Waals surface area contributed by atoms with E-state index in [1.54, 1.807) is 25.2 Å². The van der Waals surface area contributed by atoms with E-state index in [1.165, 1.54) is 5.30 Å². The van der Waals surface area contributed by atoms with Crippen molar-refractivity contribution in [3.8, 4) is 11.5 Å². The Hall–Kier alpha value is -0.180. The molecule has 2 unspecified atom stereocenters. The molecule has 7 heteroatoms. The summed E-state index contributed by atoms with van der Waals surface area (Å²) in [6.07, 6.45) is 0. The van der Waals surface area contributed by atoms with Crippen molar-refractivity contribution in [3.05, 3.63) is 48.5 Å². The summed E-state index contributed by atoms with van der Waals surface area (Å²) in [4.78, 5) is 0. The molecule has 0 fully saturated rings. The Labute approximate surface area is 155 Å². The largest absolute Gasteiger partial charge is 0.497 e. The molecule has 2 atom stereocenters. The molecule has 0 bridgehead atoms. The fourth-order valence-corrected chi connectivity index (χ4v) is 10.4. The number of thiol groups is 1. The van der Waals surface area contributed by atoms with Gasteiger partial charge < -0.3 is 9.47 Å². The lowest BCUT2D eigenvalue weighted by Gasteiger charge is -2.16. The van der Waals surface area contributed by atoms with E-state index >= 15 is 0 Å². The fraction of sp³-hybridized carbons (Fsp3) is 0.250. The van der Waals surface area contributed by atoms with Crippen molar-refractivity contribution in [2.75, 3.05) is 14.2 Å². The molecule has 2 rings (SSSR count). The number of hydrogen-bond donors (Lipinski definition) is 1. The average Bonchev–Trinajstić information content (AvgIpc) is 2.62. The first-order valence-electron chi connectivity index (χ1n) is 7.11. The molecule has 23 heavy (non-hydrogen) atoms. The summed E-state index contributed by atoms with van der Waals surface area (Å²) >= 11 is 12.2. The van der Waals surface area contributed by atoms with E-state index in [2.05, 4.69) is 12.1 Å². The monoisotopic (exact) mass is 404 g/mol. The van der Waals surface area contributed by atoms with Crippen LogP contribution >= 0.6 is 35.5 Å². The highest BCUT2D eigenvalue weighted by atomic mass is 33.4. The summed E-state index contributed by atoms with van der Waals surface area (Å²) in [7, 11) is 3.90. The smallest absolute Gasteiger partial charge is 0.118 e. The van der Waals surface area contributed by atoms with Gasteiger partial charge in [-0.2, -0.15) is 0 Å². The van der Waals surface area contributed by atoms with Gasteiger partial charge in [0.2, 0.25) is 0 Å². The topological polar surface area (TPSA) is 18.5 Å². The molecule has 0 aromatic heterocycles. The third-order valence-corrected chi connectivity index (χ3v) is 15.6. The number of methoxy groups -OCH3 is 2. The predicted octanol–water partition coefficient (Wildman–Crippen LogP) is 5.25. The molecule has 2 aromatic rings. The Morgan fingerprint density at radius 3 is 1.78 bits per heavy atom. The molecule has 2 nitrogen and oxygen atoms in total. The van der Waals surface area contributed by atoms with E-state index in [9.17, 15) is 0 Å². The molecule has 0 aliphatic rings. The van der Waals surface area contributed by atoms with Crippen molar-refractivity contribution in [1.29, 1.82) is 0 Å². The van der Waals surface area contributed by atoms with Crippen molar-refractivity contribution in [1.82, 2.24) is 0 Å². The van der Waals surface area contributed by atoms with Gasteiger partial charge in [-0.05, 0) is 49.5 Å². The third kappa shape index (κ3) is 6.68. The van der Waals surface area contributed by atoms with E-state index in [-0.39, 0.29) is 0 Å². The second-order valence-corrected chi connectivity index (χ2v) is 16.9. The lowest BCUT2D eigenvalue weighted by atomic mass is 10.3. The van der Waals surface area contributed by atoms with Crippen LogP contribution in [0.1, 0.15) is 13.8 Å². The van der Waals surface area contributed by atoms with Gasteiger partial charge in [0, 0.05) is 5.30 Å². The zero-order chi connectivity index (χ0) is 17.3. The molecular weight excluding hydrogens is 382 g/mol. The van der Waals surface area contributed by atoms with Crippen LogP contribution < -0.4 is 20.1 Å². The molecule has 0 saturated heterocycles. The number of hydrogen-bond acceptors (Lipinski definition) is 4. The van der Waals surface area contributed by atoms with Gasteiger partial charge in [-0.1, -0.05) is 48.8 Å². The highest BCUT2D eigenvalue weighted by Crippen LogP contribution is 2.68. The molecular formula is C16H22O2P2S3. The Morgan fingerprint density at radius 2 is 1.35 bits per heavy atom. The van der Waals surface area contributed by atoms with Crippen molar-refractivity contribution in [2.24, 2.45) is 0 Å². The van der Waals surface area contributed by atoms with E-state index in [0.717, 1.165) is 16.8 Å². The molecule has 0 radical (unpaired) electrons. The summed E-state index contributed by atoms with van der Waals surface area (Å²) in [5.74, 6) is 1.71. The van der Waals surface area contributed by atoms with Crippen LogP contribution in [-0.4, -0.2) is 14.2 Å². The van der Waals surface area contributed by atoms with Crippen LogP contribution in [0.2, 0.25) is 0 Å². The Bertz CT molecular complexity index is 631. The molecule has 0 saturated carbocycles. The number of benzene rings is 2. The Kier molecular flexibility index (Phi) is 9.65. The van der Waals surface area contributed by atoms with Gasteiger partial charge >= 0.3 is 0 Å². The molecule has 0 spiro atoms. The summed E-state index contributed by atoms with van der Waals surface area (Å²) in [5, 5.41) is 2.35. The Balaban J connectivity index is 0.00000127. The van der Waals surface area contributed by atoms with Crippen LogP contribution in [0.15, 0.2) is 48.5 Å². The summed E-state index contributed by atoms with van der Waals surface area (Å²) in [5.41, 5.74) is 0. The quantitative estimate of drug-likeness (QED) is 0.524. The van der Waals surface area contributed by atoms with Gasteiger partial charge in [-0.3, -0.25) is 0 Å². The molecule has 2 aromatic carbocycles. The molecule has 0 heterocycles. The van der Waals surface area contributed by atoms with Gasteiger partial charge in [0.1, 0.15) is 11.5 Å². The van der Waals surface area contributed by atoms with Gasteiger partial charge in [0.15, 0.2) is 0 Å². The maximum Gasteiger partial charge on any atom is 0.118 e. The normalized spacial score (nSPS) is 13.1. The van der Waals surface area contributed by atoms with Crippen molar-refractivity contribution < 1.29 is 9.47 Å². The molecule has 0 amide bonds. The second-order valence-electron chi connectivity index (χ2n) is 4.14. The van der Waals surface area contributed by atoms with Crippen molar-refractivity contribution in [3.63, 3.8) is 0 Å². The van der Waals surface area contributed by atoms with Crippen LogP contribution in [-0.2, 0) is 11.8 Å². The maximum absolute atomic E-state index is 5.72. The summed E-state index contributed by atoms with van der Waals surface area (Å²) < 4.78 is 8.44. The highest BCUT2D eigenvalue weighted by Gasteiger charge is 2.15. The lowest BCUT2D eigenvalue weighted by Crippen LogP contribution is -1.98. The molecule has 126 valence electrons. The minimum absolute atomic E-state index is 0.575. The third-order valence-electron chi connectivity index (χ3n) is 2.78. The highest BCUT2D eigenvalue weighted by molar-refractivity contribution is 9.09. The first kappa shape index (κ1) is 20.9. The summed E-state index contributed by atoms with van der Waals surface area (Å²) in [6.45, 7) is 4.00. The zero-order valence-corrected chi connectivity index (χ0v) is 18.1. The second kappa shape index (κ2) is 10.6. The average molecular weight is 404 g/mol. The van der Waals surface area contributed by atoms with Crippen molar-refractivity contribution in [2.45, 2.75) is 13.8 Å². The number of ether oxygens (including phenoxy) is 2. The number of rotatable bonds is 6. The minimum Gasteiger partial charge on any atom is -0.497 e.